The highest BCUT2D eigenvalue weighted by Gasteiger charge is 2.31. The van der Waals surface area contributed by atoms with Gasteiger partial charge in [0.25, 0.3) is 5.91 Å². The molecule has 5 aromatic rings. The Balaban J connectivity index is 1.70. The molecule has 0 aliphatic rings. The molecule has 1 aromatic heterocycles. The van der Waals surface area contributed by atoms with Crippen LogP contribution in [0.2, 0.25) is 0 Å². The molecule has 0 aliphatic carbocycles. The number of imidazole rings is 1. The van der Waals surface area contributed by atoms with E-state index in [1.54, 1.807) is 6.07 Å². The third-order valence-corrected chi connectivity index (χ3v) is 5.64. The van der Waals surface area contributed by atoms with Crippen molar-refractivity contribution in [3.63, 3.8) is 0 Å². The van der Waals surface area contributed by atoms with Gasteiger partial charge in [0.2, 0.25) is 0 Å². The molecular weight excluding hydrogens is 473 g/mol. The van der Waals surface area contributed by atoms with E-state index in [1.165, 1.54) is 35.9 Å². The first kappa shape index (κ1) is 23.1. The van der Waals surface area contributed by atoms with Crippen molar-refractivity contribution in [2.75, 3.05) is 7.11 Å². The molecule has 0 saturated carbocycles. The second-order valence-corrected chi connectivity index (χ2v) is 7.87. The van der Waals surface area contributed by atoms with E-state index in [0.29, 0.717) is 22.4 Å². The maximum atomic E-state index is 13.7. The number of rotatable bonds is 4. The van der Waals surface area contributed by atoms with E-state index >= 15 is 0 Å². The summed E-state index contributed by atoms with van der Waals surface area (Å²) in [5.74, 6) is -1.18. The van der Waals surface area contributed by atoms with Crippen LogP contribution in [0.4, 0.5) is 13.2 Å². The van der Waals surface area contributed by atoms with Crippen molar-refractivity contribution in [3.8, 4) is 17.1 Å². The number of fused-ring (bicyclic) bond motifs is 2. The molecular formula is C27H17F3N2O4. The van der Waals surface area contributed by atoms with E-state index in [1.807, 2.05) is 42.5 Å². The van der Waals surface area contributed by atoms with Crippen molar-refractivity contribution in [2.45, 2.75) is 6.36 Å². The molecule has 0 aliphatic heterocycles. The topological polar surface area (TPSA) is 70.4 Å². The predicted molar refractivity (Wildman–Crippen MR) is 127 cm³/mol. The first-order valence-corrected chi connectivity index (χ1v) is 10.7. The Morgan fingerprint density at radius 3 is 2.28 bits per heavy atom. The number of halogens is 3. The lowest BCUT2D eigenvalue weighted by molar-refractivity contribution is -0.274. The van der Waals surface area contributed by atoms with Gasteiger partial charge < -0.3 is 9.47 Å². The van der Waals surface area contributed by atoms with E-state index < -0.39 is 24.0 Å². The van der Waals surface area contributed by atoms with Crippen molar-refractivity contribution in [1.29, 1.82) is 0 Å². The number of alkyl halides is 3. The zero-order valence-corrected chi connectivity index (χ0v) is 18.7. The minimum Gasteiger partial charge on any atom is -0.465 e. The van der Waals surface area contributed by atoms with Crippen LogP contribution >= 0.6 is 0 Å². The molecule has 6 nitrogen and oxygen atoms in total. The fraction of sp³-hybridized carbons (Fsp3) is 0.0741. The van der Waals surface area contributed by atoms with Crippen molar-refractivity contribution >= 4 is 33.7 Å². The number of carbonyl (C=O) groups excluding carboxylic acids is 2. The summed E-state index contributed by atoms with van der Waals surface area (Å²) in [5.41, 5.74) is 1.87. The third kappa shape index (κ3) is 4.26. The fourth-order valence-electron chi connectivity index (χ4n) is 4.06. The summed E-state index contributed by atoms with van der Waals surface area (Å²) in [6, 6.07) is 22.5. The van der Waals surface area contributed by atoms with Gasteiger partial charge >= 0.3 is 12.3 Å². The van der Waals surface area contributed by atoms with E-state index in [4.69, 9.17) is 4.74 Å². The van der Waals surface area contributed by atoms with Crippen LogP contribution in [-0.2, 0) is 4.74 Å². The summed E-state index contributed by atoms with van der Waals surface area (Å²) in [4.78, 5) is 30.4. The number of nitrogens with zero attached hydrogens (tertiary/aromatic N) is 2. The third-order valence-electron chi connectivity index (χ3n) is 5.64. The normalized spacial score (nSPS) is 11.6. The molecule has 1 heterocycles. The quantitative estimate of drug-likeness (QED) is 0.279. The summed E-state index contributed by atoms with van der Waals surface area (Å²) in [6.45, 7) is 0. The molecule has 0 saturated heterocycles. The number of esters is 1. The summed E-state index contributed by atoms with van der Waals surface area (Å²) in [6.07, 6.45) is -4.84. The number of benzene rings is 4. The molecule has 0 spiro atoms. The van der Waals surface area contributed by atoms with Gasteiger partial charge in [0.1, 0.15) is 11.6 Å². The highest BCUT2D eigenvalue weighted by Crippen LogP contribution is 2.32. The first-order chi connectivity index (χ1) is 17.2. The molecule has 0 bridgehead atoms. The summed E-state index contributed by atoms with van der Waals surface area (Å²) in [5, 5.41) is 1.79. The van der Waals surface area contributed by atoms with Crippen LogP contribution < -0.4 is 4.74 Å². The van der Waals surface area contributed by atoms with E-state index in [0.717, 1.165) is 22.9 Å². The van der Waals surface area contributed by atoms with Gasteiger partial charge in [-0.1, -0.05) is 42.5 Å². The molecule has 9 heteroatoms. The minimum absolute atomic E-state index is 0.127. The zero-order chi connectivity index (χ0) is 25.4. The molecule has 0 atom stereocenters. The van der Waals surface area contributed by atoms with Crippen molar-refractivity contribution < 1.29 is 32.2 Å². The van der Waals surface area contributed by atoms with Crippen LogP contribution in [0.1, 0.15) is 20.7 Å². The second kappa shape index (κ2) is 8.84. The summed E-state index contributed by atoms with van der Waals surface area (Å²) >= 11 is 0. The Bertz CT molecular complexity index is 1620. The van der Waals surface area contributed by atoms with Gasteiger partial charge in [-0.25, -0.2) is 9.78 Å². The lowest BCUT2D eigenvalue weighted by Gasteiger charge is -2.12. The summed E-state index contributed by atoms with van der Waals surface area (Å²) in [7, 11) is 1.27. The van der Waals surface area contributed by atoms with Crippen LogP contribution in [-0.4, -0.2) is 34.9 Å². The van der Waals surface area contributed by atoms with Gasteiger partial charge in [0.15, 0.2) is 0 Å². The van der Waals surface area contributed by atoms with Crippen LogP contribution in [0.3, 0.4) is 0 Å². The first-order valence-electron chi connectivity index (χ1n) is 10.7. The maximum absolute atomic E-state index is 13.7. The highest BCUT2D eigenvalue weighted by molar-refractivity contribution is 6.07. The van der Waals surface area contributed by atoms with Gasteiger partial charge in [0.05, 0.1) is 23.7 Å². The Morgan fingerprint density at radius 2 is 1.56 bits per heavy atom. The maximum Gasteiger partial charge on any atom is 0.573 e. The van der Waals surface area contributed by atoms with Crippen LogP contribution in [0.25, 0.3) is 33.2 Å². The number of aromatic nitrogens is 2. The molecule has 0 N–H and O–H groups in total. The molecule has 36 heavy (non-hydrogen) atoms. The predicted octanol–water partition coefficient (Wildman–Crippen LogP) is 6.23. The standard InChI is InChI=1S/C27H17F3N2O4/c1-35-26(34)18-11-14-23-22(15-18)31-24(21-8-4-6-16-5-2-3-7-20(16)21)32(23)25(33)17-9-12-19(13-10-17)36-27(28,29)30/h2-15H,1H3. The molecule has 0 unspecified atom stereocenters. The molecule has 5 rings (SSSR count). The average molecular weight is 490 g/mol. The number of methoxy groups -OCH3 is 1. The number of carbonyl (C=O) groups is 2. The highest BCUT2D eigenvalue weighted by atomic mass is 19.4. The van der Waals surface area contributed by atoms with Gasteiger partial charge in [-0.05, 0) is 53.2 Å². The van der Waals surface area contributed by atoms with E-state index in [2.05, 4.69) is 9.72 Å². The van der Waals surface area contributed by atoms with Gasteiger partial charge in [-0.2, -0.15) is 0 Å². The van der Waals surface area contributed by atoms with Crippen molar-refractivity contribution in [1.82, 2.24) is 9.55 Å². The molecule has 180 valence electrons. The Hall–Kier alpha value is -4.66. The molecule has 0 radical (unpaired) electrons. The lowest BCUT2D eigenvalue weighted by atomic mass is 10.0. The van der Waals surface area contributed by atoms with Crippen LogP contribution in [0, 0.1) is 0 Å². The summed E-state index contributed by atoms with van der Waals surface area (Å²) < 4.78 is 47.7. The smallest absolute Gasteiger partial charge is 0.465 e. The van der Waals surface area contributed by atoms with Crippen molar-refractivity contribution in [3.05, 3.63) is 96.1 Å². The Labute approximate surface area is 202 Å². The number of hydrogen-bond donors (Lipinski definition) is 0. The average Bonchev–Trinajstić information content (AvgIpc) is 3.25. The lowest BCUT2D eigenvalue weighted by Crippen LogP contribution is -2.17. The van der Waals surface area contributed by atoms with Crippen molar-refractivity contribution in [2.24, 2.45) is 0 Å². The second-order valence-electron chi connectivity index (χ2n) is 7.87. The van der Waals surface area contributed by atoms with E-state index in [9.17, 15) is 22.8 Å². The largest absolute Gasteiger partial charge is 0.573 e. The minimum atomic E-state index is -4.84. The Morgan fingerprint density at radius 1 is 0.861 bits per heavy atom. The van der Waals surface area contributed by atoms with E-state index in [-0.39, 0.29) is 11.1 Å². The fourth-order valence-corrected chi connectivity index (χ4v) is 4.06. The zero-order valence-electron chi connectivity index (χ0n) is 18.7. The Kier molecular flexibility index (Phi) is 5.68. The molecule has 4 aromatic carbocycles. The van der Waals surface area contributed by atoms with Gasteiger partial charge in [0, 0.05) is 11.1 Å². The number of ether oxygens (including phenoxy) is 2. The molecule has 0 fully saturated rings. The van der Waals surface area contributed by atoms with Crippen LogP contribution in [0.15, 0.2) is 84.9 Å². The number of hydrogen-bond acceptors (Lipinski definition) is 5. The van der Waals surface area contributed by atoms with Gasteiger partial charge in [-0.15, -0.1) is 13.2 Å². The van der Waals surface area contributed by atoms with Crippen LogP contribution in [0.5, 0.6) is 5.75 Å². The SMILES string of the molecule is COC(=O)c1ccc2c(c1)nc(-c1cccc3ccccc13)n2C(=O)c1ccc(OC(F)(F)F)cc1. The monoisotopic (exact) mass is 490 g/mol. The molecule has 0 amide bonds. The van der Waals surface area contributed by atoms with Gasteiger partial charge in [-0.3, -0.25) is 9.36 Å².